The van der Waals surface area contributed by atoms with Crippen LogP contribution in [0.4, 0.5) is 0 Å². The van der Waals surface area contributed by atoms with E-state index in [0.29, 0.717) is 5.75 Å². The highest BCUT2D eigenvalue weighted by Gasteiger charge is 2.05. The van der Waals surface area contributed by atoms with Gasteiger partial charge in [0.15, 0.2) is 9.84 Å². The lowest BCUT2D eigenvalue weighted by atomic mass is 10.3. The third kappa shape index (κ3) is 3.01. The molecule has 0 saturated carbocycles. The first-order chi connectivity index (χ1) is 6.54. The van der Waals surface area contributed by atoms with E-state index in [1.54, 1.807) is 12.1 Å². The molecule has 0 saturated heterocycles. The Kier molecular flexibility index (Phi) is 3.49. The van der Waals surface area contributed by atoms with Crippen LogP contribution in [0.3, 0.4) is 0 Å². The van der Waals surface area contributed by atoms with Crippen molar-refractivity contribution in [2.75, 3.05) is 19.5 Å². The molecule has 5 heteroatoms. The fourth-order valence-corrected chi connectivity index (χ4v) is 1.58. The minimum absolute atomic E-state index is 0.0617. The summed E-state index contributed by atoms with van der Waals surface area (Å²) in [5.41, 5.74) is 0. The lowest BCUT2D eigenvalue weighted by molar-refractivity contribution is 0.201. The number of aliphatic hydroxyl groups is 1. The van der Waals surface area contributed by atoms with E-state index in [-0.39, 0.29) is 18.1 Å². The Morgan fingerprint density at radius 3 is 2.29 bits per heavy atom. The molecule has 0 unspecified atom stereocenters. The highest BCUT2D eigenvalue weighted by molar-refractivity contribution is 7.90. The zero-order valence-corrected chi connectivity index (χ0v) is 8.62. The normalized spacial score (nSPS) is 11.3. The van der Waals surface area contributed by atoms with E-state index >= 15 is 0 Å². The lowest BCUT2D eigenvalue weighted by Crippen LogP contribution is -2.02. The predicted molar refractivity (Wildman–Crippen MR) is 52.1 cm³/mol. The fraction of sp³-hybridized carbons (Fsp3) is 0.333. The molecular weight excluding hydrogens is 204 g/mol. The summed E-state index contributed by atoms with van der Waals surface area (Å²) in [5, 5.41) is 8.49. The van der Waals surface area contributed by atoms with Crippen molar-refractivity contribution < 1.29 is 18.3 Å². The topological polar surface area (TPSA) is 63.6 Å². The zero-order valence-electron chi connectivity index (χ0n) is 7.80. The van der Waals surface area contributed by atoms with Gasteiger partial charge in [-0.05, 0) is 24.3 Å². The van der Waals surface area contributed by atoms with Gasteiger partial charge in [0.2, 0.25) is 0 Å². The molecule has 14 heavy (non-hydrogen) atoms. The van der Waals surface area contributed by atoms with Crippen LogP contribution < -0.4 is 4.74 Å². The Bertz CT molecular complexity index is 380. The quantitative estimate of drug-likeness (QED) is 0.794. The summed E-state index contributed by atoms with van der Waals surface area (Å²) in [6, 6.07) is 6.07. The maximum absolute atomic E-state index is 11.1. The van der Waals surface area contributed by atoms with E-state index in [2.05, 4.69) is 0 Å². The minimum atomic E-state index is -3.15. The number of sulfone groups is 1. The van der Waals surface area contributed by atoms with Crippen LogP contribution in [-0.2, 0) is 9.84 Å². The van der Waals surface area contributed by atoms with Crippen molar-refractivity contribution in [1.29, 1.82) is 0 Å². The summed E-state index contributed by atoms with van der Waals surface area (Å²) in [5.74, 6) is 0.548. The predicted octanol–water partition coefficient (Wildman–Crippen LogP) is 0.461. The van der Waals surface area contributed by atoms with Gasteiger partial charge in [0.25, 0.3) is 0 Å². The van der Waals surface area contributed by atoms with Crippen molar-refractivity contribution in [2.45, 2.75) is 4.90 Å². The molecule has 1 rings (SSSR count). The van der Waals surface area contributed by atoms with E-state index in [1.165, 1.54) is 12.1 Å². The molecule has 78 valence electrons. The van der Waals surface area contributed by atoms with Crippen molar-refractivity contribution in [3.63, 3.8) is 0 Å². The van der Waals surface area contributed by atoms with Crippen LogP contribution in [0, 0.1) is 0 Å². The number of benzene rings is 1. The smallest absolute Gasteiger partial charge is 0.175 e. The van der Waals surface area contributed by atoms with Crippen LogP contribution in [0.15, 0.2) is 29.2 Å². The standard InChI is InChI=1S/C9H12O4S/c1-14(11,12)9-4-2-8(3-5-9)13-7-6-10/h2-5,10H,6-7H2,1H3. The maximum Gasteiger partial charge on any atom is 0.175 e. The highest BCUT2D eigenvalue weighted by atomic mass is 32.2. The maximum atomic E-state index is 11.1. The average Bonchev–Trinajstić information content (AvgIpc) is 2.14. The third-order valence-electron chi connectivity index (χ3n) is 1.61. The summed E-state index contributed by atoms with van der Waals surface area (Å²) in [7, 11) is -3.15. The molecule has 1 N–H and O–H groups in total. The average molecular weight is 216 g/mol. The van der Waals surface area contributed by atoms with Gasteiger partial charge in [0, 0.05) is 6.26 Å². The molecule has 0 heterocycles. The van der Waals surface area contributed by atoms with Crippen molar-refractivity contribution in [2.24, 2.45) is 0 Å². The molecular formula is C9H12O4S. The Labute approximate surface area is 83.1 Å². The van der Waals surface area contributed by atoms with Crippen LogP contribution >= 0.6 is 0 Å². The second-order valence-electron chi connectivity index (χ2n) is 2.82. The van der Waals surface area contributed by atoms with Crippen LogP contribution in [0.1, 0.15) is 0 Å². The molecule has 0 amide bonds. The highest BCUT2D eigenvalue weighted by Crippen LogP contribution is 2.15. The summed E-state index contributed by atoms with van der Waals surface area (Å²) in [4.78, 5) is 0.258. The molecule has 0 radical (unpaired) electrons. The van der Waals surface area contributed by atoms with E-state index in [4.69, 9.17) is 9.84 Å². The number of aliphatic hydroxyl groups excluding tert-OH is 1. The molecule has 0 bridgehead atoms. The third-order valence-corrected chi connectivity index (χ3v) is 2.74. The summed E-state index contributed by atoms with van der Waals surface area (Å²) >= 11 is 0. The van der Waals surface area contributed by atoms with Crippen molar-refractivity contribution in [1.82, 2.24) is 0 Å². The van der Waals surface area contributed by atoms with Gasteiger partial charge in [-0.15, -0.1) is 0 Å². The van der Waals surface area contributed by atoms with E-state index in [1.807, 2.05) is 0 Å². The SMILES string of the molecule is CS(=O)(=O)c1ccc(OCCO)cc1. The molecule has 0 aliphatic carbocycles. The zero-order chi connectivity index (χ0) is 10.6. The van der Waals surface area contributed by atoms with Gasteiger partial charge in [-0.3, -0.25) is 0 Å². The van der Waals surface area contributed by atoms with Crippen molar-refractivity contribution >= 4 is 9.84 Å². The number of ether oxygens (including phenoxy) is 1. The number of hydrogen-bond acceptors (Lipinski definition) is 4. The second-order valence-corrected chi connectivity index (χ2v) is 4.83. The van der Waals surface area contributed by atoms with Gasteiger partial charge in [-0.2, -0.15) is 0 Å². The van der Waals surface area contributed by atoms with Gasteiger partial charge >= 0.3 is 0 Å². The first kappa shape index (κ1) is 11.0. The number of hydrogen-bond donors (Lipinski definition) is 1. The molecule has 0 atom stereocenters. The van der Waals surface area contributed by atoms with E-state index in [9.17, 15) is 8.42 Å². The Hall–Kier alpha value is -1.07. The second kappa shape index (κ2) is 4.43. The van der Waals surface area contributed by atoms with Crippen LogP contribution in [0.2, 0.25) is 0 Å². The summed E-state index contributed by atoms with van der Waals surface area (Å²) in [6.07, 6.45) is 1.15. The Morgan fingerprint density at radius 2 is 1.86 bits per heavy atom. The van der Waals surface area contributed by atoms with Crippen LogP contribution in [0.5, 0.6) is 5.75 Å². The number of rotatable bonds is 4. The van der Waals surface area contributed by atoms with Crippen molar-refractivity contribution in [3.05, 3.63) is 24.3 Å². The first-order valence-corrected chi connectivity index (χ1v) is 5.97. The first-order valence-electron chi connectivity index (χ1n) is 4.08. The molecule has 0 spiro atoms. The monoisotopic (exact) mass is 216 g/mol. The Balaban J connectivity index is 2.79. The summed E-state index contributed by atoms with van der Waals surface area (Å²) in [6.45, 7) is 0.145. The minimum Gasteiger partial charge on any atom is -0.491 e. The van der Waals surface area contributed by atoms with E-state index in [0.717, 1.165) is 6.26 Å². The van der Waals surface area contributed by atoms with Crippen LogP contribution in [0.25, 0.3) is 0 Å². The molecule has 4 nitrogen and oxygen atoms in total. The molecule has 1 aromatic carbocycles. The van der Waals surface area contributed by atoms with Crippen molar-refractivity contribution in [3.8, 4) is 5.75 Å². The lowest BCUT2D eigenvalue weighted by Gasteiger charge is -2.04. The fourth-order valence-electron chi connectivity index (χ4n) is 0.947. The molecule has 0 aliphatic heterocycles. The molecule has 1 aromatic rings. The van der Waals surface area contributed by atoms with Gasteiger partial charge < -0.3 is 9.84 Å². The summed E-state index contributed by atoms with van der Waals surface area (Å²) < 4.78 is 27.2. The molecule has 0 aliphatic rings. The Morgan fingerprint density at radius 1 is 1.29 bits per heavy atom. The largest absolute Gasteiger partial charge is 0.491 e. The van der Waals surface area contributed by atoms with Gasteiger partial charge in [-0.25, -0.2) is 8.42 Å². The molecule has 0 fully saturated rings. The van der Waals surface area contributed by atoms with Crippen LogP contribution in [-0.4, -0.2) is 33.0 Å². The van der Waals surface area contributed by atoms with E-state index < -0.39 is 9.84 Å². The molecule has 0 aromatic heterocycles. The van der Waals surface area contributed by atoms with Gasteiger partial charge in [0.05, 0.1) is 11.5 Å². The van der Waals surface area contributed by atoms with Gasteiger partial charge in [0.1, 0.15) is 12.4 Å². The van der Waals surface area contributed by atoms with Gasteiger partial charge in [-0.1, -0.05) is 0 Å².